The molecule has 0 saturated carbocycles. The van der Waals surface area contributed by atoms with E-state index in [1.165, 1.54) is 16.7 Å². The summed E-state index contributed by atoms with van der Waals surface area (Å²) >= 11 is 0. The maximum absolute atomic E-state index is 14.1. The van der Waals surface area contributed by atoms with Crippen LogP contribution in [0.1, 0.15) is 54.5 Å². The van der Waals surface area contributed by atoms with Crippen molar-refractivity contribution in [2.75, 3.05) is 26.3 Å². The van der Waals surface area contributed by atoms with Crippen molar-refractivity contribution in [1.82, 2.24) is 14.9 Å². The van der Waals surface area contributed by atoms with Crippen LogP contribution in [0.15, 0.2) is 42.6 Å². The Morgan fingerprint density at radius 3 is 2.67 bits per heavy atom. The van der Waals surface area contributed by atoms with Crippen molar-refractivity contribution in [3.05, 3.63) is 65.0 Å². The van der Waals surface area contributed by atoms with Gasteiger partial charge in [-0.05, 0) is 82.1 Å². The molecule has 33 heavy (non-hydrogen) atoms. The first kappa shape index (κ1) is 22.1. The molecule has 1 N–H and O–H groups in total. The molecule has 4 heterocycles. The van der Waals surface area contributed by atoms with Gasteiger partial charge < -0.3 is 14.6 Å². The molecule has 1 amide bonds. The fraction of sp³-hybridized carbons (Fsp3) is 0.500. The number of ether oxygens (including phenoxy) is 1. The minimum absolute atomic E-state index is 0.308. The van der Waals surface area contributed by atoms with E-state index in [-0.39, 0.29) is 0 Å². The highest BCUT2D eigenvalue weighted by Gasteiger charge is 2.44. The minimum atomic E-state index is -0.449. The lowest BCUT2D eigenvalue weighted by molar-refractivity contribution is -0.141. The molecule has 2 aliphatic heterocycles. The number of H-pyrrole nitrogens is 1. The van der Waals surface area contributed by atoms with Crippen molar-refractivity contribution in [1.29, 1.82) is 0 Å². The van der Waals surface area contributed by atoms with Crippen LogP contribution < -0.4 is 0 Å². The van der Waals surface area contributed by atoms with Crippen molar-refractivity contribution in [3.8, 4) is 0 Å². The summed E-state index contributed by atoms with van der Waals surface area (Å²) in [6.45, 7) is 7.25. The highest BCUT2D eigenvalue weighted by atomic mass is 16.5. The van der Waals surface area contributed by atoms with Crippen LogP contribution >= 0.6 is 0 Å². The molecule has 5 rings (SSSR count). The number of aryl methyl sites for hydroxylation is 2. The lowest BCUT2D eigenvalue weighted by Crippen LogP contribution is -2.50. The molecule has 1 aromatic carbocycles. The second-order valence-corrected chi connectivity index (χ2v) is 10.1. The molecule has 0 unspecified atom stereocenters. The number of carbonyl (C=O) groups excluding carboxylic acids is 1. The van der Waals surface area contributed by atoms with Crippen molar-refractivity contribution in [2.24, 2.45) is 5.92 Å². The predicted molar refractivity (Wildman–Crippen MR) is 131 cm³/mol. The fourth-order valence-corrected chi connectivity index (χ4v) is 5.85. The summed E-state index contributed by atoms with van der Waals surface area (Å²) in [5.74, 6) is 0.872. The minimum Gasteiger partial charge on any atom is -0.381 e. The molecule has 2 aromatic heterocycles. The van der Waals surface area contributed by atoms with E-state index < -0.39 is 5.41 Å². The molecule has 0 radical (unpaired) electrons. The van der Waals surface area contributed by atoms with Crippen molar-refractivity contribution in [2.45, 2.75) is 57.8 Å². The Labute approximate surface area is 196 Å². The molecule has 174 valence electrons. The number of amides is 1. The number of likely N-dealkylation sites (tertiary alicyclic amines) is 1. The average molecular weight is 446 g/mol. The summed E-state index contributed by atoms with van der Waals surface area (Å²) in [4.78, 5) is 24.3. The number of fused-ring (bicyclic) bond motifs is 1. The molecule has 1 atom stereocenters. The molecule has 5 heteroatoms. The summed E-state index contributed by atoms with van der Waals surface area (Å²) in [5.41, 5.74) is 5.29. The largest absolute Gasteiger partial charge is 0.381 e. The van der Waals surface area contributed by atoms with Gasteiger partial charge in [-0.3, -0.25) is 4.79 Å². The van der Waals surface area contributed by atoms with Crippen LogP contribution in [0, 0.1) is 19.8 Å². The van der Waals surface area contributed by atoms with Gasteiger partial charge in [-0.15, -0.1) is 0 Å². The number of aromatic amines is 1. The molecule has 0 bridgehead atoms. The van der Waals surface area contributed by atoms with Crippen LogP contribution in [0.3, 0.4) is 0 Å². The van der Waals surface area contributed by atoms with Gasteiger partial charge in [0.25, 0.3) is 0 Å². The van der Waals surface area contributed by atoms with Crippen LogP contribution in [0.5, 0.6) is 0 Å². The number of carbonyl (C=O) groups is 1. The third-order valence-corrected chi connectivity index (χ3v) is 7.63. The highest BCUT2D eigenvalue weighted by molar-refractivity contribution is 5.88. The third kappa shape index (κ3) is 4.56. The smallest absolute Gasteiger partial charge is 0.233 e. The summed E-state index contributed by atoms with van der Waals surface area (Å²) in [5, 5.41) is 1.16. The second kappa shape index (κ2) is 9.30. The molecule has 3 aromatic rings. The molecule has 2 fully saturated rings. The first-order chi connectivity index (χ1) is 16.0. The zero-order valence-corrected chi connectivity index (χ0v) is 19.9. The first-order valence-corrected chi connectivity index (χ1v) is 12.4. The number of hydrogen-bond acceptors (Lipinski definition) is 3. The zero-order chi connectivity index (χ0) is 22.8. The van der Waals surface area contributed by atoms with Gasteiger partial charge >= 0.3 is 0 Å². The van der Waals surface area contributed by atoms with Crippen LogP contribution in [0.2, 0.25) is 0 Å². The number of nitrogens with one attached hydrogen (secondary N) is 1. The molecular weight excluding hydrogens is 410 g/mol. The number of nitrogens with zero attached hydrogens (tertiary/aromatic N) is 2. The average Bonchev–Trinajstić information content (AvgIpc) is 3.16. The Balaban J connectivity index is 1.32. The van der Waals surface area contributed by atoms with Gasteiger partial charge in [0.2, 0.25) is 5.91 Å². The van der Waals surface area contributed by atoms with Crippen molar-refractivity contribution >= 4 is 16.9 Å². The van der Waals surface area contributed by atoms with Gasteiger partial charge in [0.05, 0.1) is 5.41 Å². The van der Waals surface area contributed by atoms with Gasteiger partial charge in [-0.25, -0.2) is 4.98 Å². The number of pyridine rings is 1. The van der Waals surface area contributed by atoms with Gasteiger partial charge in [-0.2, -0.15) is 0 Å². The number of rotatable bonds is 4. The van der Waals surface area contributed by atoms with E-state index in [1.54, 1.807) is 0 Å². The van der Waals surface area contributed by atoms with Gasteiger partial charge in [0.1, 0.15) is 5.65 Å². The lowest BCUT2D eigenvalue weighted by Gasteiger charge is -2.40. The predicted octanol–water partition coefficient (Wildman–Crippen LogP) is 5.10. The first-order valence-electron chi connectivity index (χ1n) is 12.4. The highest BCUT2D eigenvalue weighted by Crippen LogP contribution is 2.38. The van der Waals surface area contributed by atoms with Crippen LogP contribution in [0.4, 0.5) is 0 Å². The molecule has 0 aliphatic carbocycles. The standard InChI is InChI=1S/C28H35N3O2/c1-20-16-21(2)18-24(17-20)28(9-14-33-15-10-28)27(32)31-12-3-4-22(8-13-31)19-25-6-5-23-7-11-29-26(23)30-25/h5-7,11,16-18,22H,3-4,8-10,12-15,19H2,1-2H3,(H,29,30)/t22-/m0/s1. The van der Waals surface area contributed by atoms with E-state index in [1.807, 2.05) is 6.20 Å². The Morgan fingerprint density at radius 1 is 1.09 bits per heavy atom. The van der Waals surface area contributed by atoms with Crippen molar-refractivity contribution < 1.29 is 9.53 Å². The van der Waals surface area contributed by atoms with E-state index in [0.717, 1.165) is 68.3 Å². The number of aromatic nitrogens is 2. The van der Waals surface area contributed by atoms with Crippen molar-refractivity contribution in [3.63, 3.8) is 0 Å². The van der Waals surface area contributed by atoms with E-state index in [0.29, 0.717) is 25.0 Å². The molecule has 2 saturated heterocycles. The second-order valence-electron chi connectivity index (χ2n) is 10.1. The topological polar surface area (TPSA) is 58.2 Å². The van der Waals surface area contributed by atoms with Crippen LogP contribution in [-0.2, 0) is 21.4 Å². The summed E-state index contributed by atoms with van der Waals surface area (Å²) in [6.07, 6.45) is 7.71. The zero-order valence-electron chi connectivity index (χ0n) is 19.9. The molecule has 2 aliphatic rings. The fourth-order valence-electron chi connectivity index (χ4n) is 5.85. The Bertz CT molecular complexity index is 1110. The summed E-state index contributed by atoms with van der Waals surface area (Å²) in [7, 11) is 0. The van der Waals surface area contributed by atoms with Gasteiger partial charge in [-0.1, -0.05) is 29.3 Å². The SMILES string of the molecule is Cc1cc(C)cc(C2(C(=O)N3CCC[C@H](Cc4ccc5cc[nH]c5n4)CC3)CCOCC2)c1. The molecule has 0 spiro atoms. The Kier molecular flexibility index (Phi) is 6.24. The van der Waals surface area contributed by atoms with Gasteiger partial charge in [0, 0.05) is 43.6 Å². The Hall–Kier alpha value is -2.66. The lowest BCUT2D eigenvalue weighted by atomic mass is 9.72. The normalized spacial score (nSPS) is 21.2. The van der Waals surface area contributed by atoms with Gasteiger partial charge in [0.15, 0.2) is 0 Å². The quantitative estimate of drug-likeness (QED) is 0.608. The third-order valence-electron chi connectivity index (χ3n) is 7.63. The summed E-state index contributed by atoms with van der Waals surface area (Å²) < 4.78 is 5.70. The van der Waals surface area contributed by atoms with E-state index in [2.05, 4.69) is 60.1 Å². The summed E-state index contributed by atoms with van der Waals surface area (Å²) in [6, 6.07) is 13.0. The van der Waals surface area contributed by atoms with E-state index in [4.69, 9.17) is 9.72 Å². The van der Waals surface area contributed by atoms with Crippen LogP contribution in [0.25, 0.3) is 11.0 Å². The number of benzene rings is 1. The van der Waals surface area contributed by atoms with E-state index in [9.17, 15) is 4.79 Å². The maximum atomic E-state index is 14.1. The maximum Gasteiger partial charge on any atom is 0.233 e. The Morgan fingerprint density at radius 2 is 1.88 bits per heavy atom. The molecular formula is C28H35N3O2. The van der Waals surface area contributed by atoms with E-state index >= 15 is 0 Å². The molecule has 5 nitrogen and oxygen atoms in total. The number of hydrogen-bond donors (Lipinski definition) is 1. The monoisotopic (exact) mass is 445 g/mol. The van der Waals surface area contributed by atoms with Crippen LogP contribution in [-0.4, -0.2) is 47.1 Å².